The molecule has 1 amide bonds. The molecule has 2 aliphatic rings. The number of anilines is 2. The van der Waals surface area contributed by atoms with Crippen molar-refractivity contribution >= 4 is 40.4 Å². The van der Waals surface area contributed by atoms with Gasteiger partial charge in [-0.25, -0.2) is 18.6 Å². The number of fused-ring (bicyclic) bond motifs is 1. The summed E-state index contributed by atoms with van der Waals surface area (Å²) in [6.07, 6.45) is -0.380. The van der Waals surface area contributed by atoms with Crippen LogP contribution >= 0.6 is 11.6 Å². The van der Waals surface area contributed by atoms with E-state index in [4.69, 9.17) is 26.1 Å². The van der Waals surface area contributed by atoms with Gasteiger partial charge in [-0.1, -0.05) is 17.7 Å². The standard InChI is InChI=1S/C30H37ClF2N6O3/c1-17-14-37(29(40)42-30(2,3)4)11-12-39(17)27-19-13-20(31)23(24-21(32)9-8-10-22(24)41-7)25(33)26(19)34-28(35-27)38-15-18(16-38)36(5)6/h8-10,13,17-18H,11-12,14-16H2,1-7H3/t17-/m0/s1. The van der Waals surface area contributed by atoms with Crippen molar-refractivity contribution in [2.45, 2.75) is 45.4 Å². The second kappa shape index (κ2) is 11.3. The van der Waals surface area contributed by atoms with Crippen molar-refractivity contribution < 1.29 is 23.0 Å². The van der Waals surface area contributed by atoms with Crippen LogP contribution in [0, 0.1) is 11.6 Å². The molecule has 226 valence electrons. The van der Waals surface area contributed by atoms with Crippen molar-refractivity contribution in [2.24, 2.45) is 0 Å². The van der Waals surface area contributed by atoms with Crippen LogP contribution in [-0.2, 0) is 4.74 Å². The highest BCUT2D eigenvalue weighted by Gasteiger charge is 2.35. The number of hydrogen-bond donors (Lipinski definition) is 0. The van der Waals surface area contributed by atoms with Gasteiger partial charge in [0.05, 0.1) is 17.7 Å². The summed E-state index contributed by atoms with van der Waals surface area (Å²) in [5, 5.41) is 0.417. The third-order valence-electron chi connectivity index (χ3n) is 7.72. The van der Waals surface area contributed by atoms with E-state index in [1.165, 1.54) is 19.2 Å². The summed E-state index contributed by atoms with van der Waals surface area (Å²) in [6, 6.07) is 6.02. The van der Waals surface area contributed by atoms with Crippen molar-refractivity contribution in [3.63, 3.8) is 0 Å². The van der Waals surface area contributed by atoms with Crippen LogP contribution in [0.4, 0.5) is 25.3 Å². The number of carbonyl (C=O) groups excluding carboxylic acids is 1. The largest absolute Gasteiger partial charge is 0.496 e. The zero-order chi connectivity index (χ0) is 30.5. The average molecular weight is 603 g/mol. The van der Waals surface area contributed by atoms with Gasteiger partial charge in [-0.15, -0.1) is 0 Å². The number of likely N-dealkylation sites (N-methyl/N-ethyl adjacent to an activating group) is 1. The maximum absolute atomic E-state index is 16.5. The zero-order valence-electron chi connectivity index (χ0n) is 25.0. The molecule has 0 bridgehead atoms. The molecule has 0 saturated carbocycles. The zero-order valence-corrected chi connectivity index (χ0v) is 25.8. The number of rotatable bonds is 5. The number of piperazine rings is 1. The first-order valence-electron chi connectivity index (χ1n) is 14.0. The summed E-state index contributed by atoms with van der Waals surface area (Å²) in [5.74, 6) is -0.367. The van der Waals surface area contributed by atoms with Crippen LogP contribution in [0.1, 0.15) is 27.7 Å². The lowest BCUT2D eigenvalue weighted by molar-refractivity contribution is 0.0218. The van der Waals surface area contributed by atoms with Gasteiger partial charge < -0.3 is 29.1 Å². The van der Waals surface area contributed by atoms with Crippen LogP contribution in [0.25, 0.3) is 22.0 Å². The third-order valence-corrected chi connectivity index (χ3v) is 8.02. The number of hydrogen-bond acceptors (Lipinski definition) is 8. The van der Waals surface area contributed by atoms with Crippen LogP contribution in [0.5, 0.6) is 5.75 Å². The molecule has 5 rings (SSSR count). The minimum absolute atomic E-state index is 0.0117. The number of benzene rings is 2. The van der Waals surface area contributed by atoms with E-state index in [0.29, 0.717) is 55.9 Å². The molecule has 2 saturated heterocycles. The van der Waals surface area contributed by atoms with E-state index in [1.54, 1.807) is 17.0 Å². The van der Waals surface area contributed by atoms with Gasteiger partial charge in [0.2, 0.25) is 5.95 Å². The molecule has 0 radical (unpaired) electrons. The minimum Gasteiger partial charge on any atom is -0.496 e. The molecule has 2 fully saturated rings. The lowest BCUT2D eigenvalue weighted by atomic mass is 10.0. The molecule has 0 spiro atoms. The molecule has 0 N–H and O–H groups in total. The molecular weight excluding hydrogens is 566 g/mol. The van der Waals surface area contributed by atoms with Gasteiger partial charge in [-0.2, -0.15) is 4.98 Å². The van der Waals surface area contributed by atoms with E-state index in [9.17, 15) is 4.79 Å². The molecule has 2 aromatic carbocycles. The lowest BCUT2D eigenvalue weighted by Crippen LogP contribution is -2.58. The Morgan fingerprint density at radius 2 is 1.81 bits per heavy atom. The van der Waals surface area contributed by atoms with Gasteiger partial charge in [0, 0.05) is 55.8 Å². The average Bonchev–Trinajstić information content (AvgIpc) is 2.87. The fourth-order valence-corrected chi connectivity index (χ4v) is 5.67. The van der Waals surface area contributed by atoms with Crippen molar-refractivity contribution in [3.05, 3.63) is 40.9 Å². The molecule has 3 aromatic rings. The highest BCUT2D eigenvalue weighted by atomic mass is 35.5. The molecule has 2 aliphatic heterocycles. The number of carbonyl (C=O) groups is 1. The van der Waals surface area contributed by atoms with Crippen LogP contribution in [0.15, 0.2) is 24.3 Å². The summed E-state index contributed by atoms with van der Waals surface area (Å²) >= 11 is 6.69. The second-order valence-corrected chi connectivity index (χ2v) is 12.5. The molecule has 9 nitrogen and oxygen atoms in total. The van der Waals surface area contributed by atoms with E-state index in [2.05, 4.69) is 9.88 Å². The maximum atomic E-state index is 16.5. The molecular formula is C30H37ClF2N6O3. The van der Waals surface area contributed by atoms with Crippen molar-refractivity contribution in [3.8, 4) is 16.9 Å². The maximum Gasteiger partial charge on any atom is 0.410 e. The van der Waals surface area contributed by atoms with E-state index < -0.39 is 17.2 Å². The van der Waals surface area contributed by atoms with Gasteiger partial charge in [0.25, 0.3) is 0 Å². The highest BCUT2D eigenvalue weighted by Crippen LogP contribution is 2.43. The van der Waals surface area contributed by atoms with Crippen molar-refractivity contribution in [2.75, 3.05) is 63.7 Å². The fourth-order valence-electron chi connectivity index (χ4n) is 5.38. The van der Waals surface area contributed by atoms with Crippen LogP contribution < -0.4 is 14.5 Å². The number of aromatic nitrogens is 2. The first-order chi connectivity index (χ1) is 19.8. The Balaban J connectivity index is 1.61. The molecule has 3 heterocycles. The van der Waals surface area contributed by atoms with Crippen molar-refractivity contribution in [1.82, 2.24) is 19.8 Å². The Kier molecular flexibility index (Phi) is 8.10. The molecule has 0 aliphatic carbocycles. The van der Waals surface area contributed by atoms with Gasteiger partial charge in [-0.3, -0.25) is 0 Å². The molecule has 12 heteroatoms. The first-order valence-corrected chi connectivity index (χ1v) is 14.4. The summed E-state index contributed by atoms with van der Waals surface area (Å²) in [4.78, 5) is 30.2. The molecule has 0 unspecified atom stereocenters. The number of amides is 1. The minimum atomic E-state index is -0.754. The van der Waals surface area contributed by atoms with Crippen LogP contribution in [0.2, 0.25) is 5.02 Å². The van der Waals surface area contributed by atoms with Gasteiger partial charge in [0.15, 0.2) is 5.82 Å². The predicted molar refractivity (Wildman–Crippen MR) is 161 cm³/mol. The number of ether oxygens (including phenoxy) is 2. The van der Waals surface area contributed by atoms with Crippen LogP contribution in [-0.4, -0.2) is 97.5 Å². The number of nitrogens with zero attached hydrogens (tertiary/aromatic N) is 6. The summed E-state index contributed by atoms with van der Waals surface area (Å²) < 4.78 is 42.6. The van der Waals surface area contributed by atoms with Crippen molar-refractivity contribution in [1.29, 1.82) is 0 Å². The Labute approximate surface area is 249 Å². The Bertz CT molecular complexity index is 1510. The summed E-state index contributed by atoms with van der Waals surface area (Å²) in [7, 11) is 5.42. The summed E-state index contributed by atoms with van der Waals surface area (Å²) in [5.41, 5.74) is -0.756. The number of halogens is 3. The smallest absolute Gasteiger partial charge is 0.410 e. The third kappa shape index (κ3) is 5.64. The van der Waals surface area contributed by atoms with Gasteiger partial charge in [-0.05, 0) is 60.0 Å². The summed E-state index contributed by atoms with van der Waals surface area (Å²) in [6.45, 7) is 10.1. The molecule has 1 aromatic heterocycles. The van der Waals surface area contributed by atoms with E-state index in [1.807, 2.05) is 51.6 Å². The Morgan fingerprint density at radius 3 is 2.43 bits per heavy atom. The monoisotopic (exact) mass is 602 g/mol. The molecule has 42 heavy (non-hydrogen) atoms. The topological polar surface area (TPSA) is 74.3 Å². The fraction of sp³-hybridized carbons (Fsp3) is 0.500. The Morgan fingerprint density at radius 1 is 1.10 bits per heavy atom. The highest BCUT2D eigenvalue weighted by molar-refractivity contribution is 6.34. The van der Waals surface area contributed by atoms with Gasteiger partial charge >= 0.3 is 6.09 Å². The van der Waals surface area contributed by atoms with Gasteiger partial charge in [0.1, 0.15) is 28.5 Å². The van der Waals surface area contributed by atoms with Crippen LogP contribution in [0.3, 0.4) is 0 Å². The normalized spacial score (nSPS) is 18.1. The Hall–Kier alpha value is -3.44. The number of methoxy groups -OCH3 is 1. The first kappa shape index (κ1) is 30.0. The SMILES string of the molecule is COc1cccc(F)c1-c1c(Cl)cc2c(N3CCN(C(=O)OC(C)(C)C)C[C@@H]3C)nc(N3CC(N(C)C)C3)nc2c1F. The molecule has 1 atom stereocenters. The van der Waals surface area contributed by atoms with E-state index >= 15 is 8.78 Å². The van der Waals surface area contributed by atoms with E-state index in [0.717, 1.165) is 0 Å². The second-order valence-electron chi connectivity index (χ2n) is 12.1. The quantitative estimate of drug-likeness (QED) is 0.383. The van der Waals surface area contributed by atoms with E-state index in [-0.39, 0.29) is 39.6 Å². The lowest BCUT2D eigenvalue weighted by Gasteiger charge is -2.44. The predicted octanol–water partition coefficient (Wildman–Crippen LogP) is 5.43.